The maximum Gasteiger partial charge on any atom is 0.387 e. The number of morpholine rings is 1. The Balaban J connectivity index is 1.57. The van der Waals surface area contributed by atoms with Crippen molar-refractivity contribution in [2.45, 2.75) is 11.8 Å². The van der Waals surface area contributed by atoms with Gasteiger partial charge in [-0.3, -0.25) is 4.90 Å². The Bertz CT molecular complexity index is 617. The standard InChI is InChI=1S/C14H17F2N3O2S/c15-13(16)21-10-1-2-11-12(9-10)18-14(17-11)22-8-5-19-3-6-20-7-4-19/h1-2,9,13H,3-8H2,(H,17,18). The van der Waals surface area contributed by atoms with E-state index in [-0.39, 0.29) is 5.75 Å². The summed E-state index contributed by atoms with van der Waals surface area (Å²) in [6.45, 7) is 1.68. The summed E-state index contributed by atoms with van der Waals surface area (Å²) in [6, 6.07) is 4.72. The maximum atomic E-state index is 12.2. The zero-order valence-electron chi connectivity index (χ0n) is 11.9. The first kappa shape index (κ1) is 15.5. The lowest BCUT2D eigenvalue weighted by molar-refractivity contribution is -0.0497. The molecular weight excluding hydrogens is 312 g/mol. The van der Waals surface area contributed by atoms with Crippen LogP contribution in [0, 0.1) is 0 Å². The fraction of sp³-hybridized carbons (Fsp3) is 0.500. The van der Waals surface area contributed by atoms with E-state index in [1.807, 2.05) is 0 Å². The monoisotopic (exact) mass is 329 g/mol. The van der Waals surface area contributed by atoms with Crippen LogP contribution in [0.1, 0.15) is 0 Å². The molecule has 22 heavy (non-hydrogen) atoms. The molecule has 1 saturated heterocycles. The van der Waals surface area contributed by atoms with Crippen molar-refractivity contribution in [3.63, 3.8) is 0 Å². The zero-order valence-corrected chi connectivity index (χ0v) is 12.7. The number of halogens is 2. The molecule has 0 saturated carbocycles. The highest BCUT2D eigenvalue weighted by molar-refractivity contribution is 7.99. The number of fused-ring (bicyclic) bond motifs is 1. The number of hydrogen-bond acceptors (Lipinski definition) is 5. The molecule has 0 unspecified atom stereocenters. The highest BCUT2D eigenvalue weighted by atomic mass is 32.2. The van der Waals surface area contributed by atoms with Gasteiger partial charge < -0.3 is 14.5 Å². The van der Waals surface area contributed by atoms with E-state index in [1.165, 1.54) is 6.07 Å². The third-order valence-corrected chi connectivity index (χ3v) is 4.26. The molecule has 3 rings (SSSR count). The summed E-state index contributed by atoms with van der Waals surface area (Å²) < 4.78 is 34.1. The molecule has 1 aliphatic rings. The minimum atomic E-state index is -2.82. The summed E-state index contributed by atoms with van der Waals surface area (Å²) >= 11 is 1.62. The number of thioether (sulfide) groups is 1. The van der Waals surface area contributed by atoms with Gasteiger partial charge in [0.25, 0.3) is 0 Å². The number of alkyl halides is 2. The van der Waals surface area contributed by atoms with E-state index in [2.05, 4.69) is 19.6 Å². The molecule has 0 radical (unpaired) electrons. The van der Waals surface area contributed by atoms with Gasteiger partial charge in [0, 0.05) is 31.5 Å². The van der Waals surface area contributed by atoms with Gasteiger partial charge in [-0.25, -0.2) is 4.98 Å². The molecule has 1 N–H and O–H groups in total. The molecule has 1 aromatic carbocycles. The first-order valence-corrected chi connectivity index (χ1v) is 8.07. The molecule has 8 heteroatoms. The second kappa shape index (κ2) is 7.26. The van der Waals surface area contributed by atoms with Gasteiger partial charge in [-0.1, -0.05) is 11.8 Å². The summed E-state index contributed by atoms with van der Waals surface area (Å²) in [7, 11) is 0. The average molecular weight is 329 g/mol. The summed E-state index contributed by atoms with van der Waals surface area (Å²) in [4.78, 5) is 9.92. The van der Waals surface area contributed by atoms with Crippen molar-refractivity contribution in [2.75, 3.05) is 38.6 Å². The van der Waals surface area contributed by atoms with E-state index in [4.69, 9.17) is 4.74 Å². The summed E-state index contributed by atoms with van der Waals surface area (Å²) in [5.41, 5.74) is 1.45. The van der Waals surface area contributed by atoms with Crippen molar-refractivity contribution in [3.05, 3.63) is 18.2 Å². The van der Waals surface area contributed by atoms with Crippen LogP contribution in [0.3, 0.4) is 0 Å². The lowest BCUT2D eigenvalue weighted by Crippen LogP contribution is -2.37. The Morgan fingerprint density at radius 1 is 1.36 bits per heavy atom. The Hall–Kier alpha value is -1.38. The number of aromatic amines is 1. The third kappa shape index (κ3) is 4.08. The Morgan fingerprint density at radius 3 is 2.95 bits per heavy atom. The highest BCUT2D eigenvalue weighted by Gasteiger charge is 2.11. The molecule has 2 heterocycles. The zero-order chi connectivity index (χ0) is 15.4. The van der Waals surface area contributed by atoms with E-state index in [1.54, 1.807) is 23.9 Å². The Morgan fingerprint density at radius 2 is 2.18 bits per heavy atom. The average Bonchev–Trinajstić information content (AvgIpc) is 2.89. The number of ether oxygens (including phenoxy) is 2. The molecule has 1 fully saturated rings. The molecule has 2 aromatic rings. The van der Waals surface area contributed by atoms with Crippen molar-refractivity contribution in [3.8, 4) is 5.75 Å². The minimum absolute atomic E-state index is 0.135. The van der Waals surface area contributed by atoms with Crippen LogP contribution < -0.4 is 4.74 Å². The van der Waals surface area contributed by atoms with Gasteiger partial charge in [-0.2, -0.15) is 8.78 Å². The summed E-state index contributed by atoms with van der Waals surface area (Å²) in [5.74, 6) is 1.05. The second-order valence-corrected chi connectivity index (χ2v) is 5.99. The number of aromatic nitrogens is 2. The van der Waals surface area contributed by atoms with E-state index < -0.39 is 6.61 Å². The van der Waals surface area contributed by atoms with Crippen LogP contribution in [0.15, 0.2) is 23.4 Å². The van der Waals surface area contributed by atoms with Crippen LogP contribution in [-0.2, 0) is 4.74 Å². The minimum Gasteiger partial charge on any atom is -0.435 e. The van der Waals surface area contributed by atoms with Crippen LogP contribution in [0.4, 0.5) is 8.78 Å². The van der Waals surface area contributed by atoms with E-state index >= 15 is 0 Å². The third-order valence-electron chi connectivity index (χ3n) is 3.41. The van der Waals surface area contributed by atoms with Gasteiger partial charge >= 0.3 is 6.61 Å². The van der Waals surface area contributed by atoms with E-state index in [0.29, 0.717) is 5.52 Å². The summed E-state index contributed by atoms with van der Waals surface area (Å²) in [6.07, 6.45) is 0. The normalized spacial score (nSPS) is 16.5. The number of nitrogens with zero attached hydrogens (tertiary/aromatic N) is 2. The molecule has 0 atom stereocenters. The molecule has 0 bridgehead atoms. The lowest BCUT2D eigenvalue weighted by atomic mass is 10.3. The van der Waals surface area contributed by atoms with Gasteiger partial charge in [0.15, 0.2) is 5.16 Å². The number of imidazole rings is 1. The van der Waals surface area contributed by atoms with Gasteiger partial charge in [-0.05, 0) is 12.1 Å². The van der Waals surface area contributed by atoms with Crippen molar-refractivity contribution >= 4 is 22.8 Å². The quantitative estimate of drug-likeness (QED) is 0.826. The van der Waals surface area contributed by atoms with Crippen LogP contribution in [-0.4, -0.2) is 60.1 Å². The molecule has 5 nitrogen and oxygen atoms in total. The molecule has 0 amide bonds. The SMILES string of the molecule is FC(F)Oc1ccc2nc(SCCN3CCOCC3)[nH]c2c1. The first-order valence-electron chi connectivity index (χ1n) is 7.08. The predicted octanol–water partition coefficient (Wildman–Crippen LogP) is 2.59. The number of hydrogen-bond donors (Lipinski definition) is 1. The van der Waals surface area contributed by atoms with Crippen molar-refractivity contribution < 1.29 is 18.3 Å². The molecule has 0 spiro atoms. The number of rotatable bonds is 6. The topological polar surface area (TPSA) is 50.4 Å². The highest BCUT2D eigenvalue weighted by Crippen LogP contribution is 2.24. The van der Waals surface area contributed by atoms with E-state index in [0.717, 1.165) is 49.3 Å². The number of H-pyrrole nitrogens is 1. The van der Waals surface area contributed by atoms with Crippen molar-refractivity contribution in [1.82, 2.24) is 14.9 Å². The Labute approximate surface area is 131 Å². The maximum absolute atomic E-state index is 12.2. The van der Waals surface area contributed by atoms with E-state index in [9.17, 15) is 8.78 Å². The number of nitrogens with one attached hydrogen (secondary N) is 1. The fourth-order valence-corrected chi connectivity index (χ4v) is 3.19. The van der Waals surface area contributed by atoms with Gasteiger partial charge in [0.1, 0.15) is 5.75 Å². The fourth-order valence-electron chi connectivity index (χ4n) is 2.31. The lowest BCUT2D eigenvalue weighted by Gasteiger charge is -2.26. The van der Waals surface area contributed by atoms with Gasteiger partial charge in [0.05, 0.1) is 24.2 Å². The molecule has 1 aliphatic heterocycles. The van der Waals surface area contributed by atoms with Crippen molar-refractivity contribution in [2.24, 2.45) is 0 Å². The van der Waals surface area contributed by atoms with Crippen LogP contribution in [0.5, 0.6) is 5.75 Å². The van der Waals surface area contributed by atoms with Crippen LogP contribution in [0.2, 0.25) is 0 Å². The predicted molar refractivity (Wildman–Crippen MR) is 80.7 cm³/mol. The van der Waals surface area contributed by atoms with Crippen LogP contribution >= 0.6 is 11.8 Å². The molecule has 1 aromatic heterocycles. The molecule has 0 aliphatic carbocycles. The number of benzene rings is 1. The van der Waals surface area contributed by atoms with Gasteiger partial charge in [0.2, 0.25) is 0 Å². The molecule has 120 valence electrons. The Kier molecular flexibility index (Phi) is 5.12. The largest absolute Gasteiger partial charge is 0.435 e. The van der Waals surface area contributed by atoms with Crippen LogP contribution in [0.25, 0.3) is 11.0 Å². The summed E-state index contributed by atoms with van der Waals surface area (Å²) in [5, 5.41) is 0.789. The smallest absolute Gasteiger partial charge is 0.387 e. The molecular formula is C14H17F2N3O2S. The first-order chi connectivity index (χ1) is 10.7. The van der Waals surface area contributed by atoms with Gasteiger partial charge in [-0.15, -0.1) is 0 Å². The second-order valence-electron chi connectivity index (χ2n) is 4.90. The van der Waals surface area contributed by atoms with Crippen molar-refractivity contribution in [1.29, 1.82) is 0 Å².